The molecule has 29 heavy (non-hydrogen) atoms. The highest BCUT2D eigenvalue weighted by molar-refractivity contribution is 7.89. The van der Waals surface area contributed by atoms with Gasteiger partial charge in [-0.3, -0.25) is 4.79 Å². The summed E-state index contributed by atoms with van der Waals surface area (Å²) in [5.41, 5.74) is -0.571. The molecule has 0 N–H and O–H groups in total. The Morgan fingerprint density at radius 3 is 2.14 bits per heavy atom. The Balaban J connectivity index is 1.67. The molecular formula is C19H29N3O5S2. The minimum Gasteiger partial charge on any atom is -0.444 e. The molecule has 0 aliphatic carbocycles. The Morgan fingerprint density at radius 2 is 1.55 bits per heavy atom. The number of hydrogen-bond donors (Lipinski definition) is 0. The van der Waals surface area contributed by atoms with Gasteiger partial charge in [0, 0.05) is 39.3 Å². The third-order valence-corrected chi connectivity index (χ3v) is 7.95. The third kappa shape index (κ3) is 5.10. The molecule has 0 bridgehead atoms. The topological polar surface area (TPSA) is 87.2 Å². The first-order valence-electron chi connectivity index (χ1n) is 9.94. The Labute approximate surface area is 176 Å². The first-order valence-corrected chi connectivity index (χ1v) is 12.3. The van der Waals surface area contributed by atoms with Crippen molar-refractivity contribution in [1.29, 1.82) is 0 Å². The van der Waals surface area contributed by atoms with Gasteiger partial charge in [0.2, 0.25) is 10.0 Å². The summed E-state index contributed by atoms with van der Waals surface area (Å²) in [6.07, 6.45) is 2.33. The standard InChI is InChI=1S/C19H29N3O5S2/c1-19(2,3)27-18(24)21-12-10-20(11-13-21)17(23)16-15(7-14-28-16)29(25,26)22-8-5-4-6-9-22/h7,14H,4-6,8-13H2,1-3H3. The summed E-state index contributed by atoms with van der Waals surface area (Å²) in [5, 5.41) is 1.65. The Morgan fingerprint density at radius 1 is 0.966 bits per heavy atom. The van der Waals surface area contributed by atoms with E-state index in [9.17, 15) is 18.0 Å². The van der Waals surface area contributed by atoms with Crippen LogP contribution >= 0.6 is 11.3 Å². The zero-order valence-electron chi connectivity index (χ0n) is 17.2. The van der Waals surface area contributed by atoms with E-state index in [4.69, 9.17) is 4.74 Å². The molecule has 0 radical (unpaired) electrons. The summed E-state index contributed by atoms with van der Waals surface area (Å²) in [6, 6.07) is 1.53. The van der Waals surface area contributed by atoms with Gasteiger partial charge >= 0.3 is 6.09 Å². The van der Waals surface area contributed by atoms with Crippen molar-refractivity contribution in [2.75, 3.05) is 39.3 Å². The normalized spacial score (nSPS) is 19.3. The van der Waals surface area contributed by atoms with Crippen LogP contribution in [-0.2, 0) is 14.8 Å². The van der Waals surface area contributed by atoms with Crippen molar-refractivity contribution in [1.82, 2.24) is 14.1 Å². The molecule has 3 rings (SSSR count). The molecule has 10 heteroatoms. The van der Waals surface area contributed by atoms with Crippen molar-refractivity contribution in [3.63, 3.8) is 0 Å². The minimum atomic E-state index is -3.67. The molecular weight excluding hydrogens is 414 g/mol. The number of ether oxygens (including phenoxy) is 1. The van der Waals surface area contributed by atoms with E-state index in [2.05, 4.69) is 0 Å². The molecule has 0 atom stereocenters. The molecule has 2 aliphatic rings. The summed E-state index contributed by atoms with van der Waals surface area (Å²) in [5.74, 6) is -0.292. The highest BCUT2D eigenvalue weighted by Gasteiger charge is 2.34. The number of sulfonamides is 1. The zero-order chi connectivity index (χ0) is 21.2. The van der Waals surface area contributed by atoms with Crippen LogP contribution < -0.4 is 0 Å². The van der Waals surface area contributed by atoms with Crippen molar-refractivity contribution < 1.29 is 22.7 Å². The summed E-state index contributed by atoms with van der Waals surface area (Å²) in [4.78, 5) is 28.8. The Kier molecular flexibility index (Phi) is 6.54. The van der Waals surface area contributed by atoms with Crippen LogP contribution in [0.5, 0.6) is 0 Å². The van der Waals surface area contributed by atoms with Crippen LogP contribution in [0.25, 0.3) is 0 Å². The number of piperazine rings is 1. The lowest BCUT2D eigenvalue weighted by Crippen LogP contribution is -2.51. The quantitative estimate of drug-likeness (QED) is 0.717. The molecule has 2 amide bonds. The van der Waals surface area contributed by atoms with Crippen LogP contribution in [0.15, 0.2) is 16.3 Å². The van der Waals surface area contributed by atoms with Gasteiger partial charge in [-0.1, -0.05) is 6.42 Å². The SMILES string of the molecule is CC(C)(C)OC(=O)N1CCN(C(=O)c2sccc2S(=O)(=O)N2CCCCC2)CC1. The maximum atomic E-state index is 13.0. The van der Waals surface area contributed by atoms with E-state index >= 15 is 0 Å². The van der Waals surface area contributed by atoms with E-state index < -0.39 is 21.7 Å². The van der Waals surface area contributed by atoms with Gasteiger partial charge in [0.25, 0.3) is 5.91 Å². The second-order valence-corrected chi connectivity index (χ2v) is 11.2. The van der Waals surface area contributed by atoms with Crippen molar-refractivity contribution in [3.05, 3.63) is 16.3 Å². The molecule has 2 aliphatic heterocycles. The van der Waals surface area contributed by atoms with E-state index in [1.54, 1.807) is 15.2 Å². The second-order valence-electron chi connectivity index (χ2n) is 8.34. The zero-order valence-corrected chi connectivity index (χ0v) is 18.9. The number of amides is 2. The van der Waals surface area contributed by atoms with Gasteiger partial charge in [0.1, 0.15) is 15.4 Å². The third-order valence-electron chi connectivity index (χ3n) is 4.97. The molecule has 2 fully saturated rings. The summed E-state index contributed by atoms with van der Waals surface area (Å²) in [7, 11) is -3.67. The molecule has 3 heterocycles. The molecule has 162 valence electrons. The van der Waals surface area contributed by atoms with Gasteiger partial charge in [-0.05, 0) is 45.1 Å². The molecule has 0 spiro atoms. The van der Waals surface area contributed by atoms with E-state index in [-0.39, 0.29) is 15.7 Å². The van der Waals surface area contributed by atoms with Crippen LogP contribution in [0, 0.1) is 0 Å². The summed E-state index contributed by atoms with van der Waals surface area (Å²) < 4.78 is 32.9. The summed E-state index contributed by atoms with van der Waals surface area (Å²) >= 11 is 1.15. The molecule has 0 saturated carbocycles. The van der Waals surface area contributed by atoms with E-state index in [0.29, 0.717) is 39.3 Å². The van der Waals surface area contributed by atoms with E-state index in [0.717, 1.165) is 30.6 Å². The average Bonchev–Trinajstić information content (AvgIpc) is 3.17. The first-order chi connectivity index (χ1) is 13.6. The highest BCUT2D eigenvalue weighted by Crippen LogP contribution is 2.28. The average molecular weight is 444 g/mol. The van der Waals surface area contributed by atoms with Crippen LogP contribution in [0.3, 0.4) is 0 Å². The van der Waals surface area contributed by atoms with E-state index in [1.165, 1.54) is 10.4 Å². The van der Waals surface area contributed by atoms with Crippen LogP contribution in [0.1, 0.15) is 49.7 Å². The van der Waals surface area contributed by atoms with Crippen LogP contribution in [0.4, 0.5) is 4.79 Å². The first kappa shape index (κ1) is 22.0. The fourth-order valence-corrected chi connectivity index (χ4v) is 6.34. The fourth-order valence-electron chi connectivity index (χ4n) is 3.46. The second kappa shape index (κ2) is 8.61. The number of piperidine rings is 1. The van der Waals surface area contributed by atoms with Gasteiger partial charge in [0.05, 0.1) is 0 Å². The van der Waals surface area contributed by atoms with Gasteiger partial charge < -0.3 is 14.5 Å². The largest absolute Gasteiger partial charge is 0.444 e. The molecule has 1 aromatic rings. The van der Waals surface area contributed by atoms with Gasteiger partial charge in [-0.2, -0.15) is 4.31 Å². The van der Waals surface area contributed by atoms with Gasteiger partial charge in [0.15, 0.2) is 0 Å². The minimum absolute atomic E-state index is 0.101. The number of rotatable bonds is 3. The smallest absolute Gasteiger partial charge is 0.410 e. The Hall–Kier alpha value is -1.65. The van der Waals surface area contributed by atoms with Crippen molar-refractivity contribution in [3.8, 4) is 0 Å². The number of thiophene rings is 1. The van der Waals surface area contributed by atoms with Crippen molar-refractivity contribution in [2.45, 2.75) is 50.5 Å². The lowest BCUT2D eigenvalue weighted by Gasteiger charge is -2.35. The molecule has 8 nitrogen and oxygen atoms in total. The predicted molar refractivity (Wildman–Crippen MR) is 111 cm³/mol. The number of carbonyl (C=O) groups excluding carboxylic acids is 2. The molecule has 1 aromatic heterocycles. The summed E-state index contributed by atoms with van der Waals surface area (Å²) in [6.45, 7) is 7.85. The van der Waals surface area contributed by atoms with Crippen LogP contribution in [0.2, 0.25) is 0 Å². The van der Waals surface area contributed by atoms with Gasteiger partial charge in [-0.25, -0.2) is 13.2 Å². The molecule has 2 saturated heterocycles. The fraction of sp³-hybridized carbons (Fsp3) is 0.684. The van der Waals surface area contributed by atoms with Crippen molar-refractivity contribution >= 4 is 33.4 Å². The number of nitrogens with zero attached hydrogens (tertiary/aromatic N) is 3. The predicted octanol–water partition coefficient (Wildman–Crippen LogP) is 2.62. The van der Waals surface area contributed by atoms with Crippen molar-refractivity contribution in [2.24, 2.45) is 0 Å². The molecule has 0 aromatic carbocycles. The maximum absolute atomic E-state index is 13.0. The lowest BCUT2D eigenvalue weighted by atomic mass is 10.2. The van der Waals surface area contributed by atoms with Crippen LogP contribution in [-0.4, -0.2) is 79.4 Å². The number of hydrogen-bond acceptors (Lipinski definition) is 6. The number of carbonyl (C=O) groups is 2. The monoisotopic (exact) mass is 443 g/mol. The van der Waals surface area contributed by atoms with Gasteiger partial charge in [-0.15, -0.1) is 11.3 Å². The lowest BCUT2D eigenvalue weighted by molar-refractivity contribution is 0.0141. The highest BCUT2D eigenvalue weighted by atomic mass is 32.2. The van der Waals surface area contributed by atoms with E-state index in [1.807, 2.05) is 20.8 Å². The maximum Gasteiger partial charge on any atom is 0.410 e. The molecule has 0 unspecified atom stereocenters. The Bertz CT molecular complexity index is 845.